The highest BCUT2D eigenvalue weighted by molar-refractivity contribution is 7.91. The molecule has 1 rings (SSSR count). The van der Waals surface area contributed by atoms with Crippen molar-refractivity contribution < 1.29 is 12.8 Å². The molecule has 0 saturated carbocycles. The van der Waals surface area contributed by atoms with E-state index in [4.69, 9.17) is 5.73 Å². The summed E-state index contributed by atoms with van der Waals surface area (Å²) in [6, 6.07) is 4.39. The van der Waals surface area contributed by atoms with E-state index in [0.717, 1.165) is 5.56 Å². The van der Waals surface area contributed by atoms with Gasteiger partial charge in [-0.05, 0) is 24.6 Å². The number of benzene rings is 1. The van der Waals surface area contributed by atoms with Crippen LogP contribution in [0, 0.1) is 0 Å². The van der Waals surface area contributed by atoms with Crippen LogP contribution in [-0.2, 0) is 9.84 Å². The van der Waals surface area contributed by atoms with Crippen molar-refractivity contribution in [2.24, 2.45) is 5.73 Å². The highest BCUT2D eigenvalue weighted by Crippen LogP contribution is 2.15. The molecule has 0 aliphatic heterocycles. The normalized spacial score (nSPS) is 13.9. The van der Waals surface area contributed by atoms with Crippen LogP contribution in [0.4, 0.5) is 4.39 Å². The number of rotatable bonds is 3. The molecule has 2 N–H and O–H groups in total. The standard InChI is InChI=1S/C9H12FNO2S/c1-7(11)8-2-4-9(5-3-8)14(12,13)6-10/h2-5,7H,6,11H2,1H3. The van der Waals surface area contributed by atoms with Gasteiger partial charge in [0, 0.05) is 6.04 Å². The van der Waals surface area contributed by atoms with Gasteiger partial charge in [-0.2, -0.15) is 0 Å². The third-order valence-electron chi connectivity index (χ3n) is 1.91. The van der Waals surface area contributed by atoms with Crippen molar-refractivity contribution in [3.8, 4) is 0 Å². The predicted molar refractivity (Wildman–Crippen MR) is 52.2 cm³/mol. The second-order valence-electron chi connectivity index (χ2n) is 3.08. The Morgan fingerprint density at radius 1 is 1.36 bits per heavy atom. The Labute approximate surface area is 82.7 Å². The van der Waals surface area contributed by atoms with Crippen LogP contribution >= 0.6 is 0 Å². The summed E-state index contributed by atoms with van der Waals surface area (Å²) in [6.45, 7) is 1.79. The number of alkyl halides is 1. The van der Waals surface area contributed by atoms with Crippen LogP contribution < -0.4 is 5.73 Å². The van der Waals surface area contributed by atoms with Gasteiger partial charge in [-0.3, -0.25) is 0 Å². The molecule has 5 heteroatoms. The number of halogens is 1. The molecule has 0 aromatic heterocycles. The van der Waals surface area contributed by atoms with Crippen molar-refractivity contribution in [3.05, 3.63) is 29.8 Å². The monoisotopic (exact) mass is 217 g/mol. The van der Waals surface area contributed by atoms with E-state index in [9.17, 15) is 12.8 Å². The average Bonchev–Trinajstić information content (AvgIpc) is 2.18. The van der Waals surface area contributed by atoms with E-state index < -0.39 is 15.8 Å². The van der Waals surface area contributed by atoms with Crippen molar-refractivity contribution >= 4 is 9.84 Å². The first-order valence-electron chi connectivity index (χ1n) is 4.11. The number of hydrogen-bond donors (Lipinski definition) is 1. The Bertz CT molecular complexity index is 397. The summed E-state index contributed by atoms with van der Waals surface area (Å²) in [5, 5.41) is 0. The minimum Gasteiger partial charge on any atom is -0.324 e. The maximum absolute atomic E-state index is 12.1. The van der Waals surface area contributed by atoms with E-state index in [2.05, 4.69) is 0 Å². The molecule has 0 aliphatic rings. The van der Waals surface area contributed by atoms with Gasteiger partial charge in [0.05, 0.1) is 4.90 Å². The Morgan fingerprint density at radius 3 is 2.21 bits per heavy atom. The lowest BCUT2D eigenvalue weighted by molar-refractivity contribution is 0.534. The molecule has 0 spiro atoms. The lowest BCUT2D eigenvalue weighted by Crippen LogP contribution is -2.06. The highest BCUT2D eigenvalue weighted by Gasteiger charge is 2.13. The van der Waals surface area contributed by atoms with Crippen LogP contribution in [0.2, 0.25) is 0 Å². The second kappa shape index (κ2) is 4.06. The lowest BCUT2D eigenvalue weighted by atomic mass is 10.1. The fraction of sp³-hybridized carbons (Fsp3) is 0.333. The Balaban J connectivity index is 3.06. The van der Waals surface area contributed by atoms with Crippen molar-refractivity contribution in [1.82, 2.24) is 0 Å². The molecule has 78 valence electrons. The summed E-state index contributed by atoms with van der Waals surface area (Å²) in [5.74, 6) is 0. The van der Waals surface area contributed by atoms with Gasteiger partial charge >= 0.3 is 0 Å². The number of hydrogen-bond acceptors (Lipinski definition) is 3. The second-order valence-corrected chi connectivity index (χ2v) is 5.00. The molecule has 1 atom stereocenters. The third kappa shape index (κ3) is 2.30. The molecule has 0 radical (unpaired) electrons. The largest absolute Gasteiger partial charge is 0.324 e. The summed E-state index contributed by atoms with van der Waals surface area (Å²) < 4.78 is 34.3. The first-order valence-corrected chi connectivity index (χ1v) is 5.77. The van der Waals surface area contributed by atoms with E-state index in [1.54, 1.807) is 19.1 Å². The summed E-state index contributed by atoms with van der Waals surface area (Å²) in [6.07, 6.45) is 0. The first-order chi connectivity index (χ1) is 6.47. The van der Waals surface area contributed by atoms with Gasteiger partial charge in [0.25, 0.3) is 0 Å². The Hall–Kier alpha value is -0.940. The van der Waals surface area contributed by atoms with E-state index in [0.29, 0.717) is 0 Å². The van der Waals surface area contributed by atoms with Crippen molar-refractivity contribution in [3.63, 3.8) is 0 Å². The molecule has 0 heterocycles. The van der Waals surface area contributed by atoms with Gasteiger partial charge in [-0.15, -0.1) is 0 Å². The maximum Gasteiger partial charge on any atom is 0.207 e. The zero-order valence-electron chi connectivity index (χ0n) is 7.77. The van der Waals surface area contributed by atoms with Crippen LogP contribution in [0.15, 0.2) is 29.2 Å². The Kier molecular flexibility index (Phi) is 3.23. The maximum atomic E-state index is 12.1. The van der Waals surface area contributed by atoms with Gasteiger partial charge in [-0.25, -0.2) is 12.8 Å². The average molecular weight is 217 g/mol. The minimum atomic E-state index is -3.75. The van der Waals surface area contributed by atoms with Crippen molar-refractivity contribution in [2.75, 3.05) is 6.01 Å². The molecule has 3 nitrogen and oxygen atoms in total. The summed E-state index contributed by atoms with van der Waals surface area (Å²) in [4.78, 5) is -0.00981. The molecular formula is C9H12FNO2S. The summed E-state index contributed by atoms with van der Waals surface area (Å²) in [7, 11) is -3.75. The zero-order chi connectivity index (χ0) is 10.8. The minimum absolute atomic E-state index is 0.00981. The summed E-state index contributed by atoms with van der Waals surface area (Å²) in [5.41, 5.74) is 6.40. The first kappa shape index (κ1) is 11.1. The van der Waals surface area contributed by atoms with Gasteiger partial charge in [-0.1, -0.05) is 12.1 Å². The Morgan fingerprint density at radius 2 is 1.86 bits per heavy atom. The smallest absolute Gasteiger partial charge is 0.207 e. The van der Waals surface area contributed by atoms with Gasteiger partial charge in [0.15, 0.2) is 6.01 Å². The zero-order valence-corrected chi connectivity index (χ0v) is 8.59. The van der Waals surface area contributed by atoms with Crippen molar-refractivity contribution in [2.45, 2.75) is 17.9 Å². The number of sulfone groups is 1. The van der Waals surface area contributed by atoms with Gasteiger partial charge < -0.3 is 5.73 Å². The molecule has 1 unspecified atom stereocenters. The van der Waals surface area contributed by atoms with Crippen LogP contribution in [0.5, 0.6) is 0 Å². The summed E-state index contributed by atoms with van der Waals surface area (Å²) >= 11 is 0. The molecule has 0 saturated heterocycles. The topological polar surface area (TPSA) is 60.2 Å². The molecule has 1 aromatic rings. The van der Waals surface area contributed by atoms with Crippen LogP contribution in [0.25, 0.3) is 0 Å². The molecule has 0 bridgehead atoms. The quantitative estimate of drug-likeness (QED) is 0.832. The molecule has 1 aromatic carbocycles. The molecule has 0 amide bonds. The van der Waals surface area contributed by atoms with Crippen molar-refractivity contribution in [1.29, 1.82) is 0 Å². The van der Waals surface area contributed by atoms with E-state index >= 15 is 0 Å². The fourth-order valence-electron chi connectivity index (χ4n) is 1.04. The third-order valence-corrected chi connectivity index (χ3v) is 3.19. The van der Waals surface area contributed by atoms with E-state index in [1.165, 1.54) is 12.1 Å². The molecule has 0 fully saturated rings. The van der Waals surface area contributed by atoms with Crippen LogP contribution in [-0.4, -0.2) is 14.4 Å². The fourth-order valence-corrected chi connectivity index (χ4v) is 1.72. The lowest BCUT2D eigenvalue weighted by Gasteiger charge is -2.06. The van der Waals surface area contributed by atoms with Gasteiger partial charge in [0.1, 0.15) is 0 Å². The molecular weight excluding hydrogens is 205 g/mol. The van der Waals surface area contributed by atoms with E-state index in [1.807, 2.05) is 0 Å². The highest BCUT2D eigenvalue weighted by atomic mass is 32.2. The predicted octanol–water partition coefficient (Wildman–Crippen LogP) is 1.41. The van der Waals surface area contributed by atoms with Crippen LogP contribution in [0.3, 0.4) is 0 Å². The molecule has 0 aliphatic carbocycles. The number of nitrogens with two attached hydrogens (primary N) is 1. The SMILES string of the molecule is CC(N)c1ccc(S(=O)(=O)CF)cc1. The van der Waals surface area contributed by atoms with Crippen LogP contribution in [0.1, 0.15) is 18.5 Å². The van der Waals surface area contributed by atoms with E-state index in [-0.39, 0.29) is 10.9 Å². The van der Waals surface area contributed by atoms with Gasteiger partial charge in [0.2, 0.25) is 9.84 Å². The molecule has 14 heavy (non-hydrogen) atoms.